The summed E-state index contributed by atoms with van der Waals surface area (Å²) in [7, 11) is 0. The average molecular weight is 426 g/mol. The number of hydrogen-bond donors (Lipinski definition) is 3. The Labute approximate surface area is 171 Å². The van der Waals surface area contributed by atoms with Gasteiger partial charge in [0.15, 0.2) is 5.06 Å². The fourth-order valence-electron chi connectivity index (χ4n) is 2.54. The Hall–Kier alpha value is -2.33. The van der Waals surface area contributed by atoms with Crippen molar-refractivity contribution in [2.24, 2.45) is 0 Å². The summed E-state index contributed by atoms with van der Waals surface area (Å²) in [6.45, 7) is 1.42. The van der Waals surface area contributed by atoms with E-state index in [0.29, 0.717) is 22.6 Å². The summed E-state index contributed by atoms with van der Waals surface area (Å²) in [5, 5.41) is 16.0. The van der Waals surface area contributed by atoms with E-state index in [0.717, 1.165) is 22.7 Å². The van der Waals surface area contributed by atoms with Crippen LogP contribution in [0.5, 0.6) is 5.06 Å². The quantitative estimate of drug-likeness (QED) is 0.629. The average Bonchev–Trinajstić information content (AvgIpc) is 3.10. The lowest BCUT2D eigenvalue weighted by Gasteiger charge is -2.27. The zero-order valence-corrected chi connectivity index (χ0v) is 16.5. The standard InChI is InChI=1S/C18H20ClN3O5S/c19-15-5-6-17(28-15)27-18(25)21-10-14(23)9-20-12-1-3-13(4-2-12)22-7-8-26-11-16(22)24/h1-6,14,20,23H,7-11H2,(H,21,25)/t14-/m1/s1. The zero-order valence-electron chi connectivity index (χ0n) is 14.9. The molecule has 0 bridgehead atoms. The molecule has 28 heavy (non-hydrogen) atoms. The molecule has 1 aliphatic heterocycles. The lowest BCUT2D eigenvalue weighted by Crippen LogP contribution is -2.41. The number of halogens is 1. The first-order valence-corrected chi connectivity index (χ1v) is 9.82. The molecule has 0 unspecified atom stereocenters. The molecule has 0 aliphatic carbocycles. The van der Waals surface area contributed by atoms with E-state index in [2.05, 4.69) is 10.6 Å². The van der Waals surface area contributed by atoms with Crippen LogP contribution in [0.4, 0.5) is 16.2 Å². The molecule has 1 aromatic heterocycles. The minimum absolute atomic E-state index is 0.0330. The number of aliphatic hydroxyl groups excluding tert-OH is 1. The molecule has 1 aliphatic rings. The van der Waals surface area contributed by atoms with Gasteiger partial charge in [-0.25, -0.2) is 4.79 Å². The highest BCUT2D eigenvalue weighted by atomic mass is 35.5. The molecule has 1 fully saturated rings. The first-order chi connectivity index (χ1) is 13.5. The third-order valence-electron chi connectivity index (χ3n) is 3.93. The van der Waals surface area contributed by atoms with Gasteiger partial charge in [-0.05, 0) is 36.4 Å². The minimum atomic E-state index is -0.806. The van der Waals surface area contributed by atoms with Gasteiger partial charge in [0.1, 0.15) is 6.61 Å². The number of nitrogens with zero attached hydrogens (tertiary/aromatic N) is 1. The monoisotopic (exact) mass is 425 g/mol. The summed E-state index contributed by atoms with van der Waals surface area (Å²) in [4.78, 5) is 25.2. The Morgan fingerprint density at radius 3 is 2.75 bits per heavy atom. The first kappa shape index (κ1) is 20.4. The summed E-state index contributed by atoms with van der Waals surface area (Å²) in [5.41, 5.74) is 1.59. The first-order valence-electron chi connectivity index (χ1n) is 8.62. The van der Waals surface area contributed by atoms with E-state index < -0.39 is 12.2 Å². The van der Waals surface area contributed by atoms with Crippen molar-refractivity contribution in [3.63, 3.8) is 0 Å². The third-order valence-corrected chi connectivity index (χ3v) is 5.04. The maximum Gasteiger partial charge on any atom is 0.413 e. The predicted molar refractivity (Wildman–Crippen MR) is 107 cm³/mol. The second kappa shape index (κ2) is 9.74. The van der Waals surface area contributed by atoms with E-state index >= 15 is 0 Å². The van der Waals surface area contributed by atoms with Crippen molar-refractivity contribution in [2.45, 2.75) is 6.10 Å². The second-order valence-corrected chi connectivity index (χ2v) is 7.69. The van der Waals surface area contributed by atoms with Crippen LogP contribution in [0, 0.1) is 0 Å². The Morgan fingerprint density at radius 2 is 2.07 bits per heavy atom. The van der Waals surface area contributed by atoms with Crippen LogP contribution in [0.1, 0.15) is 0 Å². The number of hydrogen-bond acceptors (Lipinski definition) is 7. The lowest BCUT2D eigenvalue weighted by atomic mass is 10.2. The molecule has 150 valence electrons. The number of carbonyl (C=O) groups is 2. The van der Waals surface area contributed by atoms with Gasteiger partial charge in [-0.3, -0.25) is 4.79 Å². The second-order valence-electron chi connectivity index (χ2n) is 6.01. The number of carbonyl (C=O) groups excluding carboxylic acids is 2. The molecule has 10 heteroatoms. The van der Waals surface area contributed by atoms with Gasteiger partial charge < -0.3 is 30.1 Å². The van der Waals surface area contributed by atoms with Crippen molar-refractivity contribution in [3.8, 4) is 5.06 Å². The number of amides is 2. The fraction of sp³-hybridized carbons (Fsp3) is 0.333. The van der Waals surface area contributed by atoms with E-state index in [9.17, 15) is 14.7 Å². The Bertz CT molecular complexity index is 814. The van der Waals surface area contributed by atoms with Crippen molar-refractivity contribution in [1.29, 1.82) is 0 Å². The number of nitrogens with one attached hydrogen (secondary N) is 2. The molecule has 0 radical (unpaired) electrons. The van der Waals surface area contributed by atoms with Crippen LogP contribution in [0.3, 0.4) is 0 Å². The van der Waals surface area contributed by atoms with Crippen LogP contribution in [-0.4, -0.2) is 56.1 Å². The van der Waals surface area contributed by atoms with Gasteiger partial charge in [0.2, 0.25) is 0 Å². The molecule has 0 saturated carbocycles. The molecule has 0 spiro atoms. The van der Waals surface area contributed by atoms with Crippen molar-refractivity contribution in [3.05, 3.63) is 40.7 Å². The highest BCUT2D eigenvalue weighted by molar-refractivity contribution is 7.17. The number of morpholine rings is 1. The SMILES string of the molecule is O=C(NC[C@H](O)CNc1ccc(N2CCOCC2=O)cc1)Oc1ccc(Cl)s1. The Balaban J connectivity index is 1.39. The molecule has 2 aromatic rings. The van der Waals surface area contributed by atoms with Gasteiger partial charge in [0.05, 0.1) is 17.0 Å². The molecule has 3 rings (SSSR count). The maximum atomic E-state index is 11.8. The van der Waals surface area contributed by atoms with Crippen LogP contribution in [0.25, 0.3) is 0 Å². The molecule has 1 aromatic carbocycles. The number of ether oxygens (including phenoxy) is 2. The highest BCUT2D eigenvalue weighted by Crippen LogP contribution is 2.28. The van der Waals surface area contributed by atoms with Crippen LogP contribution in [-0.2, 0) is 9.53 Å². The van der Waals surface area contributed by atoms with Gasteiger partial charge in [-0.1, -0.05) is 22.9 Å². The Kier molecular flexibility index (Phi) is 7.10. The van der Waals surface area contributed by atoms with Gasteiger partial charge in [0.25, 0.3) is 5.91 Å². The molecule has 8 nitrogen and oxygen atoms in total. The highest BCUT2D eigenvalue weighted by Gasteiger charge is 2.19. The third kappa shape index (κ3) is 5.83. The lowest BCUT2D eigenvalue weighted by molar-refractivity contribution is -0.125. The van der Waals surface area contributed by atoms with E-state index in [1.54, 1.807) is 17.0 Å². The minimum Gasteiger partial charge on any atom is -0.399 e. The van der Waals surface area contributed by atoms with Gasteiger partial charge in [0, 0.05) is 31.0 Å². The number of anilines is 2. The Morgan fingerprint density at radius 1 is 1.29 bits per heavy atom. The summed E-state index contributed by atoms with van der Waals surface area (Å²) in [6.07, 6.45) is -1.46. The smallest absolute Gasteiger partial charge is 0.399 e. The molecule has 2 amide bonds. The van der Waals surface area contributed by atoms with E-state index in [1.165, 1.54) is 0 Å². The van der Waals surface area contributed by atoms with Crippen molar-refractivity contribution in [1.82, 2.24) is 5.32 Å². The van der Waals surface area contributed by atoms with Gasteiger partial charge in [-0.15, -0.1) is 0 Å². The topological polar surface area (TPSA) is 100 Å². The van der Waals surface area contributed by atoms with Gasteiger partial charge in [-0.2, -0.15) is 0 Å². The maximum absolute atomic E-state index is 11.8. The zero-order chi connectivity index (χ0) is 19.9. The summed E-state index contributed by atoms with van der Waals surface area (Å²) in [5.74, 6) is -0.0647. The van der Waals surface area contributed by atoms with Crippen molar-refractivity contribution < 1.29 is 24.2 Å². The number of benzene rings is 1. The number of rotatable bonds is 7. The normalized spacial score (nSPS) is 15.2. The van der Waals surface area contributed by atoms with Crippen molar-refractivity contribution in [2.75, 3.05) is 43.1 Å². The molecular weight excluding hydrogens is 406 g/mol. The van der Waals surface area contributed by atoms with Crippen molar-refractivity contribution >= 4 is 46.3 Å². The number of thiophene rings is 1. The number of aliphatic hydroxyl groups is 1. The summed E-state index contributed by atoms with van der Waals surface area (Å²) < 4.78 is 10.7. The van der Waals surface area contributed by atoms with E-state index in [4.69, 9.17) is 21.1 Å². The van der Waals surface area contributed by atoms with Crippen LogP contribution in [0.15, 0.2) is 36.4 Å². The largest absolute Gasteiger partial charge is 0.413 e. The van der Waals surface area contributed by atoms with E-state index in [-0.39, 0.29) is 25.6 Å². The van der Waals surface area contributed by atoms with Gasteiger partial charge >= 0.3 is 6.09 Å². The van der Waals surface area contributed by atoms with Crippen LogP contribution < -0.4 is 20.3 Å². The fourth-order valence-corrected chi connectivity index (χ4v) is 3.41. The molecule has 2 heterocycles. The molecule has 1 atom stereocenters. The predicted octanol–water partition coefficient (Wildman–Crippen LogP) is 2.33. The summed E-state index contributed by atoms with van der Waals surface area (Å²) in [6, 6.07) is 10.5. The van der Waals surface area contributed by atoms with E-state index in [1.807, 2.05) is 24.3 Å². The van der Waals surface area contributed by atoms with Crippen LogP contribution >= 0.6 is 22.9 Å². The molecule has 3 N–H and O–H groups in total. The van der Waals surface area contributed by atoms with Crippen LogP contribution in [0.2, 0.25) is 4.34 Å². The molecular formula is C18H20ClN3O5S. The molecule has 1 saturated heterocycles. The summed E-state index contributed by atoms with van der Waals surface area (Å²) >= 11 is 6.91.